The van der Waals surface area contributed by atoms with Gasteiger partial charge in [-0.25, -0.2) is 0 Å². The molecule has 0 saturated heterocycles. The molecule has 0 fully saturated rings. The molecule has 1 N–H and O–H groups in total. The van der Waals surface area contributed by atoms with Crippen molar-refractivity contribution >= 4 is 0 Å². The van der Waals surface area contributed by atoms with E-state index in [1.54, 1.807) is 0 Å². The van der Waals surface area contributed by atoms with Gasteiger partial charge in [-0.3, -0.25) is 9.67 Å². The van der Waals surface area contributed by atoms with E-state index in [0.29, 0.717) is 0 Å². The van der Waals surface area contributed by atoms with Crippen molar-refractivity contribution in [3.8, 4) is 0 Å². The Labute approximate surface area is 108 Å². The van der Waals surface area contributed by atoms with Gasteiger partial charge in [0.15, 0.2) is 0 Å². The first-order chi connectivity index (χ1) is 8.81. The molecule has 18 heavy (non-hydrogen) atoms. The fraction of sp³-hybridized carbons (Fsp3) is 0.429. The summed E-state index contributed by atoms with van der Waals surface area (Å²) in [6, 6.07) is 4.11. The van der Waals surface area contributed by atoms with Crippen molar-refractivity contribution in [2.45, 2.75) is 39.9 Å². The smallest absolute Gasteiger partial charge is 0.0522 e. The highest BCUT2D eigenvalue weighted by Crippen LogP contribution is 2.05. The lowest BCUT2D eigenvalue weighted by atomic mass is 10.1. The molecule has 0 aliphatic heterocycles. The second-order valence-electron chi connectivity index (χ2n) is 4.45. The van der Waals surface area contributed by atoms with Crippen LogP contribution >= 0.6 is 0 Å². The molecule has 0 aromatic carbocycles. The molecule has 2 heterocycles. The van der Waals surface area contributed by atoms with E-state index >= 15 is 0 Å². The predicted molar refractivity (Wildman–Crippen MR) is 72.0 cm³/mol. The summed E-state index contributed by atoms with van der Waals surface area (Å²) in [4.78, 5) is 4.15. The summed E-state index contributed by atoms with van der Waals surface area (Å²) in [6.45, 7) is 6.94. The Hall–Kier alpha value is -1.68. The summed E-state index contributed by atoms with van der Waals surface area (Å²) < 4.78 is 2.06. The highest BCUT2D eigenvalue weighted by molar-refractivity contribution is 5.21. The predicted octanol–water partition coefficient (Wildman–Crippen LogP) is 2.29. The molecule has 4 heteroatoms. The molecule has 0 unspecified atom stereocenters. The van der Waals surface area contributed by atoms with Gasteiger partial charge in [0.1, 0.15) is 0 Å². The Morgan fingerprint density at radius 1 is 1.22 bits per heavy atom. The largest absolute Gasteiger partial charge is 0.307 e. The average molecular weight is 244 g/mol. The number of aromatic nitrogens is 3. The summed E-state index contributed by atoms with van der Waals surface area (Å²) in [5.74, 6) is 0. The summed E-state index contributed by atoms with van der Waals surface area (Å²) in [6.07, 6.45) is 6.72. The van der Waals surface area contributed by atoms with Crippen LogP contribution in [0, 0.1) is 6.92 Å². The van der Waals surface area contributed by atoms with Gasteiger partial charge in [-0.1, -0.05) is 6.92 Å². The minimum Gasteiger partial charge on any atom is -0.307 e. The van der Waals surface area contributed by atoms with Gasteiger partial charge in [-0.2, -0.15) is 5.10 Å². The van der Waals surface area contributed by atoms with Crippen LogP contribution in [0.5, 0.6) is 0 Å². The van der Waals surface area contributed by atoms with Gasteiger partial charge in [0.05, 0.1) is 5.69 Å². The maximum atomic E-state index is 4.31. The Balaban J connectivity index is 1.88. The number of pyridine rings is 1. The molecule has 2 rings (SSSR count). The molecule has 96 valence electrons. The average Bonchev–Trinajstić information content (AvgIpc) is 2.80. The van der Waals surface area contributed by atoms with Gasteiger partial charge >= 0.3 is 0 Å². The van der Waals surface area contributed by atoms with Gasteiger partial charge < -0.3 is 5.32 Å². The molecule has 0 aliphatic carbocycles. The van der Waals surface area contributed by atoms with Gasteiger partial charge in [0.2, 0.25) is 0 Å². The van der Waals surface area contributed by atoms with E-state index in [1.807, 2.05) is 24.7 Å². The lowest BCUT2D eigenvalue weighted by Gasteiger charge is -2.09. The molecular formula is C14H20N4. The van der Waals surface area contributed by atoms with Crippen LogP contribution in [0.4, 0.5) is 0 Å². The Bertz CT molecular complexity index is 490. The van der Waals surface area contributed by atoms with Crippen molar-refractivity contribution in [1.82, 2.24) is 20.1 Å². The summed E-state index contributed by atoms with van der Waals surface area (Å²) in [5, 5.41) is 7.76. The van der Waals surface area contributed by atoms with Crippen molar-refractivity contribution in [2.24, 2.45) is 0 Å². The van der Waals surface area contributed by atoms with E-state index in [4.69, 9.17) is 0 Å². The zero-order chi connectivity index (χ0) is 12.8. The topological polar surface area (TPSA) is 42.7 Å². The standard InChI is InChI=1S/C14H20N4/c1-3-8-18-14(5-7-17-18)11-16-10-13-9-15-6-4-12(13)2/h4-7,9,16H,3,8,10-11H2,1-2H3. The number of hydrogen-bond acceptors (Lipinski definition) is 3. The first-order valence-corrected chi connectivity index (χ1v) is 6.42. The quantitative estimate of drug-likeness (QED) is 0.847. The highest BCUT2D eigenvalue weighted by atomic mass is 15.3. The van der Waals surface area contributed by atoms with Crippen LogP contribution in [0.1, 0.15) is 30.2 Å². The van der Waals surface area contributed by atoms with Crippen LogP contribution in [-0.2, 0) is 19.6 Å². The molecule has 0 aliphatic rings. The molecule has 0 radical (unpaired) electrons. The molecule has 0 spiro atoms. The van der Waals surface area contributed by atoms with Crippen LogP contribution in [-0.4, -0.2) is 14.8 Å². The summed E-state index contributed by atoms with van der Waals surface area (Å²) >= 11 is 0. The first kappa shape index (κ1) is 12.8. The highest BCUT2D eigenvalue weighted by Gasteiger charge is 2.02. The van der Waals surface area contributed by atoms with Crippen molar-refractivity contribution in [1.29, 1.82) is 0 Å². The number of nitrogens with one attached hydrogen (secondary N) is 1. The number of nitrogens with zero attached hydrogens (tertiary/aromatic N) is 3. The van der Waals surface area contributed by atoms with Gasteiger partial charge in [0, 0.05) is 38.2 Å². The molecular weight excluding hydrogens is 224 g/mol. The third-order valence-electron chi connectivity index (χ3n) is 3.01. The van der Waals surface area contributed by atoms with E-state index in [-0.39, 0.29) is 0 Å². The number of rotatable bonds is 6. The third kappa shape index (κ3) is 3.17. The molecule has 0 saturated carbocycles. The fourth-order valence-electron chi connectivity index (χ4n) is 1.93. The van der Waals surface area contributed by atoms with E-state index in [0.717, 1.165) is 26.1 Å². The monoisotopic (exact) mass is 244 g/mol. The normalized spacial score (nSPS) is 10.8. The fourth-order valence-corrected chi connectivity index (χ4v) is 1.93. The van der Waals surface area contributed by atoms with Crippen LogP contribution in [0.15, 0.2) is 30.7 Å². The van der Waals surface area contributed by atoms with Crippen LogP contribution < -0.4 is 5.32 Å². The van der Waals surface area contributed by atoms with E-state index in [9.17, 15) is 0 Å². The zero-order valence-electron chi connectivity index (χ0n) is 11.1. The maximum Gasteiger partial charge on any atom is 0.0522 e. The van der Waals surface area contributed by atoms with Gasteiger partial charge in [-0.15, -0.1) is 0 Å². The lowest BCUT2D eigenvalue weighted by Crippen LogP contribution is -2.17. The van der Waals surface area contributed by atoms with Gasteiger partial charge in [-0.05, 0) is 36.6 Å². The van der Waals surface area contributed by atoms with Crippen LogP contribution in [0.3, 0.4) is 0 Å². The molecule has 0 amide bonds. The lowest BCUT2D eigenvalue weighted by molar-refractivity contribution is 0.549. The zero-order valence-corrected chi connectivity index (χ0v) is 11.1. The Morgan fingerprint density at radius 2 is 2.11 bits per heavy atom. The molecule has 0 bridgehead atoms. The number of hydrogen-bond donors (Lipinski definition) is 1. The van der Waals surface area contributed by atoms with E-state index in [2.05, 4.69) is 40.0 Å². The minimum absolute atomic E-state index is 0.842. The Morgan fingerprint density at radius 3 is 2.89 bits per heavy atom. The molecule has 2 aromatic heterocycles. The van der Waals surface area contributed by atoms with Crippen LogP contribution in [0.25, 0.3) is 0 Å². The second-order valence-corrected chi connectivity index (χ2v) is 4.45. The van der Waals surface area contributed by atoms with Gasteiger partial charge in [0.25, 0.3) is 0 Å². The van der Waals surface area contributed by atoms with Crippen LogP contribution in [0.2, 0.25) is 0 Å². The van der Waals surface area contributed by atoms with Crippen molar-refractivity contribution in [3.63, 3.8) is 0 Å². The summed E-state index contributed by atoms with van der Waals surface area (Å²) in [7, 11) is 0. The number of aryl methyl sites for hydroxylation is 2. The van der Waals surface area contributed by atoms with Crippen molar-refractivity contribution in [2.75, 3.05) is 0 Å². The molecule has 4 nitrogen and oxygen atoms in total. The van der Waals surface area contributed by atoms with E-state index < -0.39 is 0 Å². The van der Waals surface area contributed by atoms with Crippen molar-refractivity contribution in [3.05, 3.63) is 47.5 Å². The Kier molecular flexibility index (Phi) is 4.47. The third-order valence-corrected chi connectivity index (χ3v) is 3.01. The second kappa shape index (κ2) is 6.31. The maximum absolute atomic E-state index is 4.31. The SMILES string of the molecule is CCCn1nccc1CNCc1cnccc1C. The molecule has 0 atom stereocenters. The minimum atomic E-state index is 0.842. The van der Waals surface area contributed by atoms with Crippen molar-refractivity contribution < 1.29 is 0 Å². The first-order valence-electron chi connectivity index (χ1n) is 6.42. The molecule has 2 aromatic rings. The summed E-state index contributed by atoms with van der Waals surface area (Å²) in [5.41, 5.74) is 3.76. The van der Waals surface area contributed by atoms with E-state index in [1.165, 1.54) is 16.8 Å².